The predicted molar refractivity (Wildman–Crippen MR) is 153 cm³/mol. The monoisotopic (exact) mass is 501 g/mol. The molecule has 0 aromatic rings. The van der Waals surface area contributed by atoms with Crippen molar-refractivity contribution in [3.8, 4) is 0 Å². The standard InChI is InChI=1S/C32H55NOS/c1-8-23(21(3)4)11-10-22(5)27-14-15-28-26-13-12-24-20-25(34-30(35)33-9-2)16-18-31(24,6)29(26)17-19-32(27,28)7/h12,21-23,25-29H,8-11,13-20H2,1-7H3,(H,33,35). The van der Waals surface area contributed by atoms with Crippen molar-refractivity contribution in [2.75, 3.05) is 6.54 Å². The molecule has 0 aliphatic heterocycles. The lowest BCUT2D eigenvalue weighted by Gasteiger charge is -2.58. The van der Waals surface area contributed by atoms with E-state index >= 15 is 0 Å². The number of ether oxygens (including phenoxy) is 1. The van der Waals surface area contributed by atoms with Crippen molar-refractivity contribution < 1.29 is 4.74 Å². The Morgan fingerprint density at radius 1 is 1.06 bits per heavy atom. The summed E-state index contributed by atoms with van der Waals surface area (Å²) < 4.78 is 6.13. The van der Waals surface area contributed by atoms with Crippen molar-refractivity contribution in [3.05, 3.63) is 11.6 Å². The molecule has 4 aliphatic rings. The van der Waals surface area contributed by atoms with E-state index in [-0.39, 0.29) is 6.10 Å². The van der Waals surface area contributed by atoms with E-state index in [1.807, 2.05) is 0 Å². The molecule has 2 nitrogen and oxygen atoms in total. The van der Waals surface area contributed by atoms with Crippen LogP contribution in [0, 0.1) is 52.3 Å². The van der Waals surface area contributed by atoms with Gasteiger partial charge in [0.25, 0.3) is 5.17 Å². The Labute approximate surface area is 222 Å². The van der Waals surface area contributed by atoms with Crippen molar-refractivity contribution in [2.45, 2.75) is 125 Å². The largest absolute Gasteiger partial charge is 0.467 e. The maximum atomic E-state index is 6.13. The fourth-order valence-corrected chi connectivity index (χ4v) is 10.0. The summed E-state index contributed by atoms with van der Waals surface area (Å²) in [4.78, 5) is 0. The number of thiocarbonyl (C=S) groups is 1. The van der Waals surface area contributed by atoms with Gasteiger partial charge in [-0.1, -0.05) is 66.0 Å². The summed E-state index contributed by atoms with van der Waals surface area (Å²) in [6.07, 6.45) is 17.8. The minimum atomic E-state index is 0.265. The highest BCUT2D eigenvalue weighted by Crippen LogP contribution is 2.67. The van der Waals surface area contributed by atoms with Crippen LogP contribution in [-0.4, -0.2) is 17.8 Å². The number of allylic oxidation sites excluding steroid dienone is 1. The van der Waals surface area contributed by atoms with Crippen molar-refractivity contribution >= 4 is 17.4 Å². The lowest BCUT2D eigenvalue weighted by molar-refractivity contribution is -0.0567. The molecule has 0 amide bonds. The molecule has 3 saturated carbocycles. The molecule has 0 saturated heterocycles. The van der Waals surface area contributed by atoms with Crippen molar-refractivity contribution in [1.29, 1.82) is 0 Å². The molecule has 0 spiro atoms. The highest BCUT2D eigenvalue weighted by atomic mass is 32.1. The molecule has 0 aromatic heterocycles. The first kappa shape index (κ1) is 27.5. The summed E-state index contributed by atoms with van der Waals surface area (Å²) in [5.41, 5.74) is 2.65. The molecule has 0 aromatic carbocycles. The van der Waals surface area contributed by atoms with Gasteiger partial charge in [0, 0.05) is 13.0 Å². The van der Waals surface area contributed by atoms with Gasteiger partial charge in [-0.15, -0.1) is 0 Å². The highest BCUT2D eigenvalue weighted by molar-refractivity contribution is 7.80. The predicted octanol–water partition coefficient (Wildman–Crippen LogP) is 8.94. The Morgan fingerprint density at radius 3 is 2.51 bits per heavy atom. The van der Waals surface area contributed by atoms with Crippen LogP contribution in [0.1, 0.15) is 119 Å². The molecule has 0 radical (unpaired) electrons. The highest BCUT2D eigenvalue weighted by Gasteiger charge is 2.59. The van der Waals surface area contributed by atoms with Crippen LogP contribution >= 0.6 is 12.2 Å². The van der Waals surface area contributed by atoms with E-state index in [9.17, 15) is 0 Å². The Hall–Kier alpha value is -0.570. The molecule has 4 rings (SSSR count). The molecule has 0 heterocycles. The van der Waals surface area contributed by atoms with Gasteiger partial charge in [0.1, 0.15) is 6.10 Å². The Balaban J connectivity index is 1.43. The summed E-state index contributed by atoms with van der Waals surface area (Å²) >= 11 is 5.40. The lowest BCUT2D eigenvalue weighted by atomic mass is 9.47. The molecule has 200 valence electrons. The van der Waals surface area contributed by atoms with Gasteiger partial charge >= 0.3 is 0 Å². The molecule has 3 fully saturated rings. The molecule has 4 aliphatic carbocycles. The number of fused-ring (bicyclic) bond motifs is 5. The molecule has 9 unspecified atom stereocenters. The van der Waals surface area contributed by atoms with Gasteiger partial charge in [0.2, 0.25) is 0 Å². The van der Waals surface area contributed by atoms with Crippen LogP contribution < -0.4 is 5.32 Å². The van der Waals surface area contributed by atoms with E-state index in [1.165, 1.54) is 57.8 Å². The van der Waals surface area contributed by atoms with Crippen molar-refractivity contribution in [1.82, 2.24) is 5.32 Å². The second kappa shape index (κ2) is 11.0. The second-order valence-electron chi connectivity index (χ2n) is 13.8. The van der Waals surface area contributed by atoms with E-state index < -0.39 is 0 Å². The zero-order valence-electron chi connectivity index (χ0n) is 24.0. The van der Waals surface area contributed by atoms with E-state index in [1.54, 1.807) is 5.57 Å². The minimum Gasteiger partial charge on any atom is -0.467 e. The SMILES string of the molecule is CCNC(=S)OC1CCC2(C)C(=CCC3C2CCC2(C)C(C(C)CCC(CC)C(C)C)CCC32)C1. The quantitative estimate of drug-likeness (QED) is 0.265. The van der Waals surface area contributed by atoms with Crippen LogP contribution in [0.5, 0.6) is 0 Å². The average molecular weight is 502 g/mol. The average Bonchev–Trinajstić information content (AvgIpc) is 3.17. The summed E-state index contributed by atoms with van der Waals surface area (Å²) in [5.74, 6) is 6.27. The van der Waals surface area contributed by atoms with Gasteiger partial charge in [-0.3, -0.25) is 0 Å². The summed E-state index contributed by atoms with van der Waals surface area (Å²) in [6, 6.07) is 0. The third-order valence-corrected chi connectivity index (χ3v) is 12.1. The third-order valence-electron chi connectivity index (χ3n) is 11.9. The van der Waals surface area contributed by atoms with E-state index in [2.05, 4.69) is 59.9 Å². The summed E-state index contributed by atoms with van der Waals surface area (Å²) in [6.45, 7) is 18.1. The smallest absolute Gasteiger partial charge is 0.256 e. The number of hydrogen-bond acceptors (Lipinski definition) is 2. The van der Waals surface area contributed by atoms with E-state index in [4.69, 9.17) is 17.0 Å². The normalized spacial score (nSPS) is 40.2. The molecule has 1 N–H and O–H groups in total. The van der Waals surface area contributed by atoms with Gasteiger partial charge in [-0.2, -0.15) is 0 Å². The van der Waals surface area contributed by atoms with Crippen molar-refractivity contribution in [3.63, 3.8) is 0 Å². The Bertz CT molecular complexity index is 776. The van der Waals surface area contributed by atoms with Crippen LogP contribution in [0.15, 0.2) is 11.6 Å². The maximum Gasteiger partial charge on any atom is 0.256 e. The first-order valence-electron chi connectivity index (χ1n) is 15.3. The van der Waals surface area contributed by atoms with Gasteiger partial charge in [0.15, 0.2) is 0 Å². The van der Waals surface area contributed by atoms with Crippen LogP contribution in [0.4, 0.5) is 0 Å². The molecule has 9 atom stereocenters. The zero-order valence-corrected chi connectivity index (χ0v) is 24.8. The molecular formula is C32H55NOS. The van der Waals surface area contributed by atoms with Crippen LogP contribution in [0.3, 0.4) is 0 Å². The second-order valence-corrected chi connectivity index (χ2v) is 14.1. The summed E-state index contributed by atoms with van der Waals surface area (Å²) in [7, 11) is 0. The van der Waals surface area contributed by atoms with Gasteiger partial charge in [-0.25, -0.2) is 0 Å². The van der Waals surface area contributed by atoms with Gasteiger partial charge in [-0.05, 0) is 123 Å². The lowest BCUT2D eigenvalue weighted by Crippen LogP contribution is -2.51. The van der Waals surface area contributed by atoms with Crippen LogP contribution in [0.2, 0.25) is 0 Å². The number of rotatable bonds is 8. The molecule has 3 heteroatoms. The molecule has 0 bridgehead atoms. The first-order valence-corrected chi connectivity index (χ1v) is 15.7. The fourth-order valence-electron chi connectivity index (χ4n) is 9.73. The molecule has 35 heavy (non-hydrogen) atoms. The minimum absolute atomic E-state index is 0.265. The maximum absolute atomic E-state index is 6.13. The number of hydrogen-bond donors (Lipinski definition) is 1. The number of nitrogens with one attached hydrogen (secondary N) is 1. The van der Waals surface area contributed by atoms with E-state index in [0.29, 0.717) is 16.0 Å². The summed E-state index contributed by atoms with van der Waals surface area (Å²) in [5, 5.41) is 3.77. The first-order chi connectivity index (χ1) is 16.6. The topological polar surface area (TPSA) is 21.3 Å². The fraction of sp³-hybridized carbons (Fsp3) is 0.906. The van der Waals surface area contributed by atoms with Crippen molar-refractivity contribution in [2.24, 2.45) is 52.3 Å². The van der Waals surface area contributed by atoms with Gasteiger partial charge < -0.3 is 10.1 Å². The molecular weight excluding hydrogens is 446 g/mol. The zero-order chi connectivity index (χ0) is 25.4. The Morgan fingerprint density at radius 2 is 1.83 bits per heavy atom. The van der Waals surface area contributed by atoms with E-state index in [0.717, 1.165) is 60.8 Å². The third kappa shape index (κ3) is 5.23. The van der Waals surface area contributed by atoms with Gasteiger partial charge in [0.05, 0.1) is 0 Å². The Kier molecular flexibility index (Phi) is 8.66. The van der Waals surface area contributed by atoms with Crippen LogP contribution in [-0.2, 0) is 4.74 Å². The van der Waals surface area contributed by atoms with Crippen LogP contribution in [0.25, 0.3) is 0 Å².